The van der Waals surface area contributed by atoms with Gasteiger partial charge in [-0.25, -0.2) is 4.98 Å². The Hall–Kier alpha value is -2.95. The summed E-state index contributed by atoms with van der Waals surface area (Å²) in [6.45, 7) is 0.539. The molecule has 0 bridgehead atoms. The van der Waals surface area contributed by atoms with Crippen LogP contribution >= 0.6 is 0 Å². The van der Waals surface area contributed by atoms with Crippen molar-refractivity contribution in [2.24, 2.45) is 12.8 Å². The molecule has 1 fully saturated rings. The van der Waals surface area contributed by atoms with Crippen LogP contribution in [0.5, 0.6) is 0 Å². The molecule has 3 heterocycles. The number of nitrogens with two attached hydrogens (primary N) is 1. The largest absolute Gasteiger partial charge is 0.433 e. The molecule has 1 saturated carbocycles. The Morgan fingerprint density at radius 1 is 1.17 bits per heavy atom. The van der Waals surface area contributed by atoms with Gasteiger partial charge < -0.3 is 16.4 Å². The number of hydrogen-bond acceptors (Lipinski definition) is 7. The number of aromatic nitrogens is 5. The van der Waals surface area contributed by atoms with Gasteiger partial charge in [-0.3, -0.25) is 4.68 Å². The third-order valence-corrected chi connectivity index (χ3v) is 5.11. The summed E-state index contributed by atoms with van der Waals surface area (Å²) in [6, 6.07) is 2.22. The molecule has 29 heavy (non-hydrogen) atoms. The first-order chi connectivity index (χ1) is 13.7. The van der Waals surface area contributed by atoms with Gasteiger partial charge in [0.2, 0.25) is 5.95 Å². The molecule has 0 aliphatic heterocycles. The Bertz CT molecular complexity index is 1010. The maximum absolute atomic E-state index is 12.7. The van der Waals surface area contributed by atoms with Crippen LogP contribution in [-0.2, 0) is 13.2 Å². The lowest BCUT2D eigenvalue weighted by atomic mass is 10.00. The van der Waals surface area contributed by atoms with Crippen LogP contribution in [0, 0.1) is 0 Å². The minimum atomic E-state index is -4.49. The summed E-state index contributed by atoms with van der Waals surface area (Å²) in [7, 11) is 1.75. The molecule has 0 spiro atoms. The first-order valence-electron chi connectivity index (χ1n) is 9.26. The van der Waals surface area contributed by atoms with Crippen LogP contribution in [0.25, 0.3) is 11.0 Å². The van der Waals surface area contributed by atoms with Crippen LogP contribution < -0.4 is 16.4 Å². The number of halogens is 3. The molecule has 0 aromatic carbocycles. The highest BCUT2D eigenvalue weighted by molar-refractivity contribution is 5.89. The third-order valence-electron chi connectivity index (χ3n) is 5.11. The van der Waals surface area contributed by atoms with Crippen molar-refractivity contribution in [2.75, 3.05) is 17.2 Å². The number of hydrogen-bond donors (Lipinski definition) is 3. The summed E-state index contributed by atoms with van der Waals surface area (Å²) in [4.78, 5) is 12.4. The van der Waals surface area contributed by atoms with Gasteiger partial charge in [0.05, 0.1) is 23.5 Å². The standard InChI is InChI=1S/C18H21F3N8/c1-29-15-12(9-25-29)14(26-11-4-5-13(23-8-11)18(19,20)21)27-16(28-15)24-10-17(22)6-2-3-7-17/h4-5,8-9H,2-3,6-7,10,22H2,1H3,(H2,24,26,27,28). The predicted molar refractivity (Wildman–Crippen MR) is 103 cm³/mol. The van der Waals surface area contributed by atoms with E-state index < -0.39 is 11.9 Å². The molecule has 3 aromatic rings. The average molecular weight is 406 g/mol. The summed E-state index contributed by atoms with van der Waals surface area (Å²) < 4.78 is 39.8. The molecule has 154 valence electrons. The molecule has 1 aliphatic carbocycles. The zero-order valence-corrected chi connectivity index (χ0v) is 15.8. The fourth-order valence-electron chi connectivity index (χ4n) is 3.48. The lowest BCUT2D eigenvalue weighted by molar-refractivity contribution is -0.141. The summed E-state index contributed by atoms with van der Waals surface area (Å²) in [5.41, 5.74) is 6.11. The SMILES string of the molecule is Cn1ncc2c(Nc3ccc(C(F)(F)F)nc3)nc(NCC3(N)CCCC3)nc21. The van der Waals surface area contributed by atoms with Crippen molar-refractivity contribution in [2.45, 2.75) is 37.4 Å². The Morgan fingerprint density at radius 3 is 2.59 bits per heavy atom. The van der Waals surface area contributed by atoms with Gasteiger partial charge in [0, 0.05) is 19.1 Å². The summed E-state index contributed by atoms with van der Waals surface area (Å²) >= 11 is 0. The van der Waals surface area contributed by atoms with Crippen LogP contribution in [0.15, 0.2) is 24.5 Å². The van der Waals surface area contributed by atoms with E-state index >= 15 is 0 Å². The minimum absolute atomic E-state index is 0.282. The van der Waals surface area contributed by atoms with Gasteiger partial charge in [0.15, 0.2) is 5.65 Å². The second kappa shape index (κ2) is 7.14. The molecule has 3 aromatic heterocycles. The van der Waals surface area contributed by atoms with E-state index in [-0.39, 0.29) is 5.54 Å². The number of fused-ring (bicyclic) bond motifs is 1. The van der Waals surface area contributed by atoms with Gasteiger partial charge in [0.1, 0.15) is 11.5 Å². The van der Waals surface area contributed by atoms with Gasteiger partial charge in [0.25, 0.3) is 0 Å². The molecule has 0 unspecified atom stereocenters. The Morgan fingerprint density at radius 2 is 1.93 bits per heavy atom. The van der Waals surface area contributed by atoms with E-state index in [1.54, 1.807) is 17.9 Å². The van der Waals surface area contributed by atoms with Gasteiger partial charge in [-0.05, 0) is 25.0 Å². The first kappa shape index (κ1) is 19.4. The zero-order valence-electron chi connectivity index (χ0n) is 15.8. The molecule has 4 N–H and O–H groups in total. The summed E-state index contributed by atoms with van der Waals surface area (Å²) in [5.74, 6) is 0.796. The van der Waals surface area contributed by atoms with Crippen molar-refractivity contribution in [1.29, 1.82) is 0 Å². The van der Waals surface area contributed by atoms with Gasteiger partial charge in [-0.15, -0.1) is 0 Å². The fraction of sp³-hybridized carbons (Fsp3) is 0.444. The lowest BCUT2D eigenvalue weighted by Crippen LogP contribution is -2.43. The Kier molecular flexibility index (Phi) is 4.77. The van der Waals surface area contributed by atoms with E-state index in [2.05, 4.69) is 30.7 Å². The van der Waals surface area contributed by atoms with Crippen molar-refractivity contribution in [3.05, 3.63) is 30.2 Å². The topological polar surface area (TPSA) is 107 Å². The molecular formula is C18H21F3N8. The smallest absolute Gasteiger partial charge is 0.352 e. The molecule has 0 saturated heterocycles. The number of aryl methyl sites for hydroxylation is 1. The Labute approximate surface area is 164 Å². The molecule has 0 atom stereocenters. The highest BCUT2D eigenvalue weighted by Crippen LogP contribution is 2.30. The van der Waals surface area contributed by atoms with Crippen molar-refractivity contribution in [3.8, 4) is 0 Å². The summed E-state index contributed by atoms with van der Waals surface area (Å²) in [6.07, 6.45) is 2.32. The quantitative estimate of drug-likeness (QED) is 0.597. The fourth-order valence-corrected chi connectivity index (χ4v) is 3.48. The van der Waals surface area contributed by atoms with Crippen LogP contribution in [0.1, 0.15) is 31.4 Å². The van der Waals surface area contributed by atoms with Gasteiger partial charge in [-0.2, -0.15) is 28.2 Å². The number of nitrogens with zero attached hydrogens (tertiary/aromatic N) is 5. The number of pyridine rings is 1. The van der Waals surface area contributed by atoms with Crippen molar-refractivity contribution in [1.82, 2.24) is 24.7 Å². The third kappa shape index (κ3) is 4.09. The van der Waals surface area contributed by atoms with Crippen LogP contribution in [0.2, 0.25) is 0 Å². The van der Waals surface area contributed by atoms with E-state index in [9.17, 15) is 13.2 Å². The highest BCUT2D eigenvalue weighted by atomic mass is 19.4. The monoisotopic (exact) mass is 406 g/mol. The van der Waals surface area contributed by atoms with Crippen molar-refractivity contribution >= 4 is 28.5 Å². The number of nitrogens with one attached hydrogen (secondary N) is 2. The van der Waals surface area contributed by atoms with E-state index in [4.69, 9.17) is 5.73 Å². The van der Waals surface area contributed by atoms with Crippen LogP contribution in [-0.4, -0.2) is 36.8 Å². The van der Waals surface area contributed by atoms with Crippen molar-refractivity contribution < 1.29 is 13.2 Å². The zero-order chi connectivity index (χ0) is 20.6. The molecule has 8 nitrogen and oxygen atoms in total. The maximum atomic E-state index is 12.7. The van der Waals surface area contributed by atoms with E-state index in [0.717, 1.165) is 37.9 Å². The highest BCUT2D eigenvalue weighted by Gasteiger charge is 2.32. The van der Waals surface area contributed by atoms with Gasteiger partial charge in [-0.1, -0.05) is 12.8 Å². The number of alkyl halides is 3. The number of anilines is 3. The van der Waals surface area contributed by atoms with E-state index in [0.29, 0.717) is 35.0 Å². The maximum Gasteiger partial charge on any atom is 0.433 e. The summed E-state index contributed by atoms with van der Waals surface area (Å²) in [5, 5.41) is 11.0. The first-order valence-corrected chi connectivity index (χ1v) is 9.26. The van der Waals surface area contributed by atoms with Crippen molar-refractivity contribution in [3.63, 3.8) is 0 Å². The van der Waals surface area contributed by atoms with Crippen LogP contribution in [0.4, 0.5) is 30.6 Å². The molecule has 4 rings (SSSR count). The Balaban J connectivity index is 1.61. The van der Waals surface area contributed by atoms with E-state index in [1.807, 2.05) is 0 Å². The molecule has 1 aliphatic rings. The van der Waals surface area contributed by atoms with Gasteiger partial charge >= 0.3 is 6.18 Å². The van der Waals surface area contributed by atoms with E-state index in [1.165, 1.54) is 6.07 Å². The molecule has 11 heteroatoms. The minimum Gasteiger partial charge on any atom is -0.352 e. The second-order valence-electron chi connectivity index (χ2n) is 7.38. The average Bonchev–Trinajstić information content (AvgIpc) is 3.27. The number of rotatable bonds is 5. The second-order valence-corrected chi connectivity index (χ2v) is 7.38. The molecule has 0 radical (unpaired) electrons. The predicted octanol–water partition coefficient (Wildman–Crippen LogP) is 3.20. The molecule has 0 amide bonds. The molecular weight excluding hydrogens is 385 g/mol. The van der Waals surface area contributed by atoms with Crippen LogP contribution in [0.3, 0.4) is 0 Å². The lowest BCUT2D eigenvalue weighted by Gasteiger charge is -2.23. The normalized spacial score (nSPS) is 16.3.